The van der Waals surface area contributed by atoms with E-state index in [1.807, 2.05) is 31.2 Å². The van der Waals surface area contributed by atoms with Crippen LogP contribution in [0.1, 0.15) is 28.4 Å². The zero-order chi connectivity index (χ0) is 18.8. The third kappa shape index (κ3) is 3.76. The molecule has 0 bridgehead atoms. The summed E-state index contributed by atoms with van der Waals surface area (Å²) in [6.45, 7) is 6.93. The van der Waals surface area contributed by atoms with Crippen LogP contribution in [0.15, 0.2) is 48.0 Å². The van der Waals surface area contributed by atoms with Crippen molar-refractivity contribution in [2.24, 2.45) is 0 Å². The summed E-state index contributed by atoms with van der Waals surface area (Å²) in [6.07, 6.45) is 2.70. The molecule has 0 spiro atoms. The Hall–Kier alpha value is -2.59. The van der Waals surface area contributed by atoms with Gasteiger partial charge in [-0.2, -0.15) is 0 Å². The number of rotatable bonds is 4. The quantitative estimate of drug-likeness (QED) is 0.777. The van der Waals surface area contributed by atoms with Crippen LogP contribution in [-0.2, 0) is 6.42 Å². The van der Waals surface area contributed by atoms with Gasteiger partial charge in [0.05, 0.1) is 6.61 Å². The second-order valence-electron chi connectivity index (χ2n) is 7.31. The number of ketones is 1. The molecule has 2 aliphatic rings. The Morgan fingerprint density at radius 1 is 1.04 bits per heavy atom. The van der Waals surface area contributed by atoms with E-state index in [4.69, 9.17) is 4.74 Å². The van der Waals surface area contributed by atoms with Crippen LogP contribution in [0.5, 0.6) is 5.75 Å². The van der Waals surface area contributed by atoms with Gasteiger partial charge >= 0.3 is 0 Å². The van der Waals surface area contributed by atoms with Gasteiger partial charge in [0, 0.05) is 49.4 Å². The largest absolute Gasteiger partial charge is 0.494 e. The van der Waals surface area contributed by atoms with E-state index in [1.54, 1.807) is 0 Å². The number of fused-ring (bicyclic) bond motifs is 1. The molecule has 2 aromatic rings. The van der Waals surface area contributed by atoms with E-state index in [2.05, 4.69) is 41.1 Å². The smallest absolute Gasteiger partial charge is 0.189 e. The lowest BCUT2D eigenvalue weighted by atomic mass is 10.1. The highest BCUT2D eigenvalue weighted by Crippen LogP contribution is 2.31. The first-order valence-electron chi connectivity index (χ1n) is 9.68. The first-order chi connectivity index (χ1) is 13.1. The lowest BCUT2D eigenvalue weighted by Gasteiger charge is -2.34. The SMILES string of the molecule is CCOc1ccc2c(c1)CC(=Cc1ccc(N3CCN(C)CC3)cc1)C2=O. The molecule has 0 aromatic heterocycles. The molecule has 0 amide bonds. The number of hydrogen-bond donors (Lipinski definition) is 0. The fraction of sp³-hybridized carbons (Fsp3) is 0.348. The standard InChI is InChI=1S/C23H26N2O2/c1-3-27-21-8-9-22-18(16-21)15-19(23(22)26)14-17-4-6-20(7-5-17)25-12-10-24(2)11-13-25/h4-9,14,16H,3,10-13,15H2,1-2H3. The number of carbonyl (C=O) groups excluding carboxylic acids is 1. The predicted octanol–water partition coefficient (Wildman–Crippen LogP) is 3.66. The van der Waals surface area contributed by atoms with Crippen molar-refractivity contribution in [3.63, 3.8) is 0 Å². The molecule has 4 nitrogen and oxygen atoms in total. The van der Waals surface area contributed by atoms with E-state index in [0.29, 0.717) is 13.0 Å². The zero-order valence-corrected chi connectivity index (χ0v) is 16.1. The molecular weight excluding hydrogens is 336 g/mol. The van der Waals surface area contributed by atoms with Gasteiger partial charge in [0.2, 0.25) is 0 Å². The topological polar surface area (TPSA) is 32.8 Å². The molecule has 27 heavy (non-hydrogen) atoms. The summed E-state index contributed by atoms with van der Waals surface area (Å²) in [7, 11) is 2.17. The van der Waals surface area contributed by atoms with Gasteiger partial charge in [0.25, 0.3) is 0 Å². The minimum atomic E-state index is 0.135. The molecule has 1 aliphatic carbocycles. The molecule has 2 aromatic carbocycles. The molecule has 1 saturated heterocycles. The molecule has 1 heterocycles. The first-order valence-corrected chi connectivity index (χ1v) is 9.68. The van der Waals surface area contributed by atoms with Crippen molar-refractivity contribution in [1.29, 1.82) is 0 Å². The van der Waals surface area contributed by atoms with E-state index in [1.165, 1.54) is 5.69 Å². The zero-order valence-electron chi connectivity index (χ0n) is 16.1. The summed E-state index contributed by atoms with van der Waals surface area (Å²) >= 11 is 0. The van der Waals surface area contributed by atoms with Gasteiger partial charge in [-0.15, -0.1) is 0 Å². The molecule has 0 saturated carbocycles. The van der Waals surface area contributed by atoms with Gasteiger partial charge in [-0.25, -0.2) is 0 Å². The molecule has 4 rings (SSSR count). The van der Waals surface area contributed by atoms with Gasteiger partial charge in [0.1, 0.15) is 5.75 Å². The van der Waals surface area contributed by atoms with E-state index in [9.17, 15) is 4.79 Å². The number of benzene rings is 2. The summed E-state index contributed by atoms with van der Waals surface area (Å²) in [4.78, 5) is 17.5. The average molecular weight is 362 g/mol. The number of ether oxygens (including phenoxy) is 1. The summed E-state index contributed by atoms with van der Waals surface area (Å²) in [6, 6.07) is 14.3. The third-order valence-corrected chi connectivity index (χ3v) is 5.41. The van der Waals surface area contributed by atoms with Crippen LogP contribution in [0.25, 0.3) is 6.08 Å². The number of carbonyl (C=O) groups is 1. The molecule has 0 N–H and O–H groups in total. The van der Waals surface area contributed by atoms with Gasteiger partial charge in [-0.3, -0.25) is 4.79 Å². The van der Waals surface area contributed by atoms with E-state index < -0.39 is 0 Å². The predicted molar refractivity (Wildman–Crippen MR) is 110 cm³/mol. The molecule has 0 radical (unpaired) electrons. The highest BCUT2D eigenvalue weighted by molar-refractivity contribution is 6.15. The summed E-state index contributed by atoms with van der Waals surface area (Å²) in [5.74, 6) is 0.970. The van der Waals surface area contributed by atoms with Gasteiger partial charge < -0.3 is 14.5 Å². The van der Waals surface area contributed by atoms with Crippen LogP contribution in [0.4, 0.5) is 5.69 Å². The van der Waals surface area contributed by atoms with Gasteiger partial charge in [-0.05, 0) is 61.5 Å². The lowest BCUT2D eigenvalue weighted by Crippen LogP contribution is -2.44. The number of hydrogen-bond acceptors (Lipinski definition) is 4. The first kappa shape index (κ1) is 17.8. The molecular formula is C23H26N2O2. The maximum Gasteiger partial charge on any atom is 0.189 e. The van der Waals surface area contributed by atoms with Crippen molar-refractivity contribution >= 4 is 17.5 Å². The normalized spacial score (nSPS) is 18.8. The Morgan fingerprint density at radius 2 is 1.78 bits per heavy atom. The molecule has 1 fully saturated rings. The Morgan fingerprint density at radius 3 is 2.48 bits per heavy atom. The van der Waals surface area contributed by atoms with Gasteiger partial charge in [-0.1, -0.05) is 12.1 Å². The molecule has 4 heteroatoms. The highest BCUT2D eigenvalue weighted by atomic mass is 16.5. The number of likely N-dealkylation sites (N-methyl/N-ethyl adjacent to an activating group) is 1. The van der Waals surface area contributed by atoms with E-state index in [0.717, 1.165) is 54.2 Å². The minimum absolute atomic E-state index is 0.135. The highest BCUT2D eigenvalue weighted by Gasteiger charge is 2.25. The Kier molecular flexibility index (Phi) is 4.99. The van der Waals surface area contributed by atoms with Crippen molar-refractivity contribution in [1.82, 2.24) is 4.90 Å². The minimum Gasteiger partial charge on any atom is -0.494 e. The average Bonchev–Trinajstić information content (AvgIpc) is 2.98. The summed E-state index contributed by atoms with van der Waals surface area (Å²) < 4.78 is 5.56. The fourth-order valence-electron chi connectivity index (χ4n) is 3.82. The lowest BCUT2D eigenvalue weighted by molar-refractivity contribution is 0.104. The van der Waals surface area contributed by atoms with Crippen LogP contribution in [0.2, 0.25) is 0 Å². The van der Waals surface area contributed by atoms with Crippen LogP contribution >= 0.6 is 0 Å². The number of allylic oxidation sites excluding steroid dienone is 1. The van der Waals surface area contributed by atoms with E-state index >= 15 is 0 Å². The fourth-order valence-corrected chi connectivity index (χ4v) is 3.82. The Balaban J connectivity index is 1.49. The van der Waals surface area contributed by atoms with E-state index in [-0.39, 0.29) is 5.78 Å². The van der Waals surface area contributed by atoms with Crippen LogP contribution in [0.3, 0.4) is 0 Å². The Labute approximate surface area is 161 Å². The summed E-state index contributed by atoms with van der Waals surface area (Å²) in [5, 5.41) is 0. The molecule has 140 valence electrons. The Bertz CT molecular complexity index is 862. The number of Topliss-reactive ketones (excluding diaryl/α,β-unsaturated/α-hetero) is 1. The van der Waals surface area contributed by atoms with Crippen molar-refractivity contribution in [2.75, 3.05) is 44.7 Å². The number of nitrogens with zero attached hydrogens (tertiary/aromatic N) is 2. The maximum absolute atomic E-state index is 12.7. The van der Waals surface area contributed by atoms with Crippen LogP contribution in [0, 0.1) is 0 Å². The number of piperazine rings is 1. The molecule has 0 atom stereocenters. The second-order valence-corrected chi connectivity index (χ2v) is 7.31. The maximum atomic E-state index is 12.7. The van der Waals surface area contributed by atoms with Crippen molar-refractivity contribution in [3.05, 3.63) is 64.7 Å². The van der Waals surface area contributed by atoms with Crippen molar-refractivity contribution in [3.8, 4) is 5.75 Å². The van der Waals surface area contributed by atoms with Gasteiger partial charge in [0.15, 0.2) is 5.78 Å². The van der Waals surface area contributed by atoms with Crippen LogP contribution in [-0.4, -0.2) is 50.5 Å². The van der Waals surface area contributed by atoms with Crippen molar-refractivity contribution < 1.29 is 9.53 Å². The monoisotopic (exact) mass is 362 g/mol. The molecule has 1 aliphatic heterocycles. The van der Waals surface area contributed by atoms with Crippen LogP contribution < -0.4 is 9.64 Å². The third-order valence-electron chi connectivity index (χ3n) is 5.41. The molecule has 0 unspecified atom stereocenters. The summed E-state index contributed by atoms with van der Waals surface area (Å²) in [5.41, 5.74) is 5.05. The van der Waals surface area contributed by atoms with Crippen molar-refractivity contribution in [2.45, 2.75) is 13.3 Å². The number of anilines is 1. The second kappa shape index (κ2) is 7.57.